The van der Waals surface area contributed by atoms with Crippen molar-refractivity contribution in [2.75, 3.05) is 0 Å². The van der Waals surface area contributed by atoms with Gasteiger partial charge in [-0.1, -0.05) is 32.9 Å². The van der Waals surface area contributed by atoms with E-state index >= 15 is 0 Å². The largest absolute Gasteiger partial charge is 0.508 e. The lowest BCUT2D eigenvalue weighted by atomic mass is 9.88. The summed E-state index contributed by atoms with van der Waals surface area (Å²) in [5.41, 5.74) is 6.08. The molecule has 0 saturated carbocycles. The second-order valence-electron chi connectivity index (χ2n) is 5.03. The first-order chi connectivity index (χ1) is 9.60. The van der Waals surface area contributed by atoms with Gasteiger partial charge in [-0.25, -0.2) is 0 Å². The average Bonchev–Trinajstić information content (AvgIpc) is 2.44. The summed E-state index contributed by atoms with van der Waals surface area (Å²) in [5.74, 6) is 0.194. The van der Waals surface area contributed by atoms with Crippen LogP contribution in [-0.2, 0) is 19.3 Å². The normalized spacial score (nSPS) is 10.8. The van der Waals surface area contributed by atoms with Crippen molar-refractivity contribution in [3.63, 3.8) is 0 Å². The molecule has 0 fully saturated rings. The Morgan fingerprint density at radius 2 is 1.35 bits per heavy atom. The van der Waals surface area contributed by atoms with Crippen LogP contribution in [0.15, 0.2) is 30.3 Å². The highest BCUT2D eigenvalue weighted by Gasteiger charge is 2.12. The maximum Gasteiger partial charge on any atom is 0.119 e. The molecule has 20 heavy (non-hydrogen) atoms. The van der Waals surface area contributed by atoms with Gasteiger partial charge in [0, 0.05) is 6.07 Å². The summed E-state index contributed by atoms with van der Waals surface area (Å²) < 4.78 is 0. The summed E-state index contributed by atoms with van der Waals surface area (Å²) in [6.45, 7) is 6.51. The Labute approximate surface area is 120 Å². The molecule has 0 aliphatic heterocycles. The Bertz CT molecular complexity index is 595. The van der Waals surface area contributed by atoms with Crippen LogP contribution >= 0.6 is 0 Å². The van der Waals surface area contributed by atoms with Gasteiger partial charge in [0.25, 0.3) is 0 Å². The van der Waals surface area contributed by atoms with Crippen LogP contribution < -0.4 is 0 Å². The number of rotatable bonds is 4. The average molecular weight is 270 g/mol. The number of hydrogen-bond donors (Lipinski definition) is 2. The minimum atomic E-state index is 0.0969. The minimum absolute atomic E-state index is 0.0969. The van der Waals surface area contributed by atoms with Crippen molar-refractivity contribution in [1.29, 1.82) is 0 Å². The Balaban J connectivity index is 2.67. The van der Waals surface area contributed by atoms with E-state index in [0.717, 1.165) is 30.4 Å². The van der Waals surface area contributed by atoms with Crippen molar-refractivity contribution in [2.45, 2.75) is 40.0 Å². The standard InChI is InChI=1S/C18H22O2/c1-4-12-7-8-18(17(6-3)16(12)5-2)13-9-14(19)11-15(20)10-13/h7-11,19-20H,4-6H2,1-3H3. The van der Waals surface area contributed by atoms with E-state index in [9.17, 15) is 10.2 Å². The maximum atomic E-state index is 9.69. The molecule has 2 aromatic rings. The van der Waals surface area contributed by atoms with E-state index in [1.165, 1.54) is 22.8 Å². The van der Waals surface area contributed by atoms with Crippen molar-refractivity contribution < 1.29 is 10.2 Å². The topological polar surface area (TPSA) is 40.5 Å². The van der Waals surface area contributed by atoms with Crippen LogP contribution in [0.5, 0.6) is 11.5 Å². The first-order valence-corrected chi connectivity index (χ1v) is 7.27. The quantitative estimate of drug-likeness (QED) is 0.861. The van der Waals surface area contributed by atoms with Crippen LogP contribution in [0.3, 0.4) is 0 Å². The molecule has 2 aromatic carbocycles. The molecule has 0 radical (unpaired) electrons. The van der Waals surface area contributed by atoms with E-state index in [1.54, 1.807) is 12.1 Å². The zero-order valence-electron chi connectivity index (χ0n) is 12.4. The number of aromatic hydroxyl groups is 2. The third-order valence-electron chi connectivity index (χ3n) is 3.83. The zero-order chi connectivity index (χ0) is 14.7. The fraction of sp³-hybridized carbons (Fsp3) is 0.333. The molecule has 0 atom stereocenters. The SMILES string of the molecule is CCc1ccc(-c2cc(O)cc(O)c2)c(CC)c1CC. The van der Waals surface area contributed by atoms with Gasteiger partial charge in [-0.05, 0) is 59.2 Å². The number of phenolic OH excluding ortho intramolecular Hbond substituents is 2. The molecular formula is C18H22O2. The number of phenols is 2. The molecule has 2 rings (SSSR count). The van der Waals surface area contributed by atoms with Crippen molar-refractivity contribution >= 4 is 0 Å². The van der Waals surface area contributed by atoms with Crippen LogP contribution in [0.4, 0.5) is 0 Å². The van der Waals surface area contributed by atoms with Crippen LogP contribution in [-0.4, -0.2) is 10.2 Å². The van der Waals surface area contributed by atoms with Crippen molar-refractivity contribution in [1.82, 2.24) is 0 Å². The van der Waals surface area contributed by atoms with E-state index in [0.29, 0.717) is 0 Å². The third kappa shape index (κ3) is 2.64. The molecule has 0 unspecified atom stereocenters. The number of benzene rings is 2. The first kappa shape index (κ1) is 14.4. The van der Waals surface area contributed by atoms with Gasteiger partial charge < -0.3 is 10.2 Å². The van der Waals surface area contributed by atoms with Gasteiger partial charge >= 0.3 is 0 Å². The fourth-order valence-corrected chi connectivity index (χ4v) is 2.94. The molecule has 0 amide bonds. The van der Waals surface area contributed by atoms with Gasteiger partial charge in [0.1, 0.15) is 11.5 Å². The summed E-state index contributed by atoms with van der Waals surface area (Å²) in [4.78, 5) is 0. The summed E-state index contributed by atoms with van der Waals surface area (Å²) >= 11 is 0. The smallest absolute Gasteiger partial charge is 0.119 e. The van der Waals surface area contributed by atoms with E-state index in [2.05, 4.69) is 32.9 Å². The molecular weight excluding hydrogens is 248 g/mol. The highest BCUT2D eigenvalue weighted by atomic mass is 16.3. The van der Waals surface area contributed by atoms with Crippen LogP contribution in [0, 0.1) is 0 Å². The van der Waals surface area contributed by atoms with Crippen molar-refractivity contribution in [3.05, 3.63) is 47.0 Å². The lowest BCUT2D eigenvalue weighted by Gasteiger charge is -2.17. The first-order valence-electron chi connectivity index (χ1n) is 7.27. The summed E-state index contributed by atoms with van der Waals surface area (Å²) in [7, 11) is 0. The highest BCUT2D eigenvalue weighted by molar-refractivity contribution is 5.72. The maximum absolute atomic E-state index is 9.69. The zero-order valence-corrected chi connectivity index (χ0v) is 12.4. The Kier molecular flexibility index (Phi) is 4.33. The highest BCUT2D eigenvalue weighted by Crippen LogP contribution is 2.34. The fourth-order valence-electron chi connectivity index (χ4n) is 2.94. The van der Waals surface area contributed by atoms with Crippen molar-refractivity contribution in [3.8, 4) is 22.6 Å². The van der Waals surface area contributed by atoms with E-state index in [4.69, 9.17) is 0 Å². The molecule has 106 valence electrons. The van der Waals surface area contributed by atoms with Gasteiger partial charge in [0.05, 0.1) is 0 Å². The Hall–Kier alpha value is -1.96. The molecule has 2 heteroatoms. The summed E-state index contributed by atoms with van der Waals surface area (Å²) in [6.07, 6.45) is 2.98. The Morgan fingerprint density at radius 3 is 1.85 bits per heavy atom. The van der Waals surface area contributed by atoms with Gasteiger partial charge in [-0.2, -0.15) is 0 Å². The third-order valence-corrected chi connectivity index (χ3v) is 3.83. The lowest BCUT2D eigenvalue weighted by molar-refractivity contribution is 0.451. The predicted octanol–water partition coefficient (Wildman–Crippen LogP) is 4.45. The molecule has 0 aliphatic carbocycles. The van der Waals surface area contributed by atoms with E-state index in [-0.39, 0.29) is 11.5 Å². The molecule has 0 aromatic heterocycles. The van der Waals surface area contributed by atoms with E-state index < -0.39 is 0 Å². The van der Waals surface area contributed by atoms with Crippen LogP contribution in [0.1, 0.15) is 37.5 Å². The molecule has 2 N–H and O–H groups in total. The molecule has 0 aliphatic rings. The molecule has 0 bridgehead atoms. The lowest BCUT2D eigenvalue weighted by Crippen LogP contribution is -2.00. The van der Waals surface area contributed by atoms with Gasteiger partial charge in [-0.15, -0.1) is 0 Å². The minimum Gasteiger partial charge on any atom is -0.508 e. The second-order valence-corrected chi connectivity index (χ2v) is 5.03. The second kappa shape index (κ2) is 6.00. The number of hydrogen-bond acceptors (Lipinski definition) is 2. The van der Waals surface area contributed by atoms with E-state index in [1.807, 2.05) is 0 Å². The molecule has 0 saturated heterocycles. The predicted molar refractivity (Wildman–Crippen MR) is 83.3 cm³/mol. The molecule has 2 nitrogen and oxygen atoms in total. The van der Waals surface area contributed by atoms with Crippen LogP contribution in [0.25, 0.3) is 11.1 Å². The summed E-state index contributed by atoms with van der Waals surface area (Å²) in [5, 5.41) is 19.4. The van der Waals surface area contributed by atoms with Crippen LogP contribution in [0.2, 0.25) is 0 Å². The molecule has 0 heterocycles. The van der Waals surface area contributed by atoms with Gasteiger partial charge in [0.2, 0.25) is 0 Å². The monoisotopic (exact) mass is 270 g/mol. The molecule has 0 spiro atoms. The summed E-state index contributed by atoms with van der Waals surface area (Å²) in [6, 6.07) is 9.04. The number of aryl methyl sites for hydroxylation is 1. The van der Waals surface area contributed by atoms with Crippen molar-refractivity contribution in [2.24, 2.45) is 0 Å². The Morgan fingerprint density at radius 1 is 0.750 bits per heavy atom. The van der Waals surface area contributed by atoms with Gasteiger partial charge in [0.15, 0.2) is 0 Å². The van der Waals surface area contributed by atoms with Gasteiger partial charge in [-0.3, -0.25) is 0 Å².